The van der Waals surface area contributed by atoms with Gasteiger partial charge in [0.05, 0.1) is 11.0 Å². The Morgan fingerprint density at radius 3 is 2.57 bits per heavy atom. The molecule has 0 amide bonds. The second kappa shape index (κ2) is 7.08. The predicted octanol–water partition coefficient (Wildman–Crippen LogP) is 5.29. The number of hydrogen-bond donors (Lipinski definition) is 3. The predicted molar refractivity (Wildman–Crippen MR) is 110 cm³/mol. The highest BCUT2D eigenvalue weighted by molar-refractivity contribution is 5.86. The first kappa shape index (κ1) is 17.6. The third kappa shape index (κ3) is 3.16. The first-order valence-corrected chi connectivity index (χ1v) is 8.90. The van der Waals surface area contributed by atoms with E-state index >= 15 is 0 Å². The van der Waals surface area contributed by atoms with Gasteiger partial charge < -0.3 is 15.4 Å². The Kier molecular flexibility index (Phi) is 4.45. The third-order valence-electron chi connectivity index (χ3n) is 4.85. The molecule has 140 valence electrons. The van der Waals surface area contributed by atoms with Gasteiger partial charge in [0.2, 0.25) is 0 Å². The number of nitro benzene ring substituents is 1. The van der Waals surface area contributed by atoms with Gasteiger partial charge in [0, 0.05) is 45.5 Å². The van der Waals surface area contributed by atoms with Crippen molar-refractivity contribution >= 4 is 22.3 Å². The van der Waals surface area contributed by atoms with Crippen molar-refractivity contribution in [1.82, 2.24) is 4.98 Å². The number of phenolic OH excluding ortho intramolecular Hbond substituents is 1. The van der Waals surface area contributed by atoms with Gasteiger partial charge in [-0.25, -0.2) is 0 Å². The summed E-state index contributed by atoms with van der Waals surface area (Å²) < 4.78 is 0. The molecule has 28 heavy (non-hydrogen) atoms. The average Bonchev–Trinajstić information content (AvgIpc) is 3.02. The molecule has 6 heteroatoms. The van der Waals surface area contributed by atoms with Crippen molar-refractivity contribution in [2.75, 3.05) is 5.32 Å². The lowest BCUT2D eigenvalue weighted by Gasteiger charge is -2.22. The number of hydrogen-bond acceptors (Lipinski definition) is 4. The Morgan fingerprint density at radius 1 is 1.04 bits per heavy atom. The molecule has 0 aliphatic rings. The van der Waals surface area contributed by atoms with E-state index in [2.05, 4.69) is 10.3 Å². The summed E-state index contributed by atoms with van der Waals surface area (Å²) in [6.45, 7) is 1.98. The second-order valence-electron chi connectivity index (χ2n) is 6.65. The van der Waals surface area contributed by atoms with Crippen LogP contribution in [0.15, 0.2) is 72.8 Å². The molecule has 0 aliphatic heterocycles. The van der Waals surface area contributed by atoms with Gasteiger partial charge in [-0.2, -0.15) is 0 Å². The summed E-state index contributed by atoms with van der Waals surface area (Å²) in [5.74, 6) is 0.162. The van der Waals surface area contributed by atoms with Gasteiger partial charge >= 0.3 is 0 Å². The fourth-order valence-corrected chi connectivity index (χ4v) is 3.58. The van der Waals surface area contributed by atoms with E-state index in [9.17, 15) is 15.2 Å². The quantitative estimate of drug-likeness (QED) is 0.327. The maximum absolute atomic E-state index is 11.2. The number of para-hydroxylation sites is 2. The number of nitrogens with one attached hydrogen (secondary N) is 2. The van der Waals surface area contributed by atoms with Crippen LogP contribution in [0.2, 0.25) is 0 Å². The number of aromatic nitrogens is 1. The Morgan fingerprint density at radius 2 is 1.79 bits per heavy atom. The maximum Gasteiger partial charge on any atom is 0.271 e. The molecule has 0 spiro atoms. The molecular formula is C22H19N3O3. The molecular weight excluding hydrogens is 354 g/mol. The molecule has 4 aromatic rings. The molecule has 0 aliphatic carbocycles. The van der Waals surface area contributed by atoms with Gasteiger partial charge in [0.25, 0.3) is 5.69 Å². The molecule has 1 atom stereocenters. The highest BCUT2D eigenvalue weighted by Gasteiger charge is 2.23. The number of rotatable bonds is 5. The molecule has 3 N–H and O–H groups in total. The van der Waals surface area contributed by atoms with Gasteiger partial charge in [0.15, 0.2) is 0 Å². The van der Waals surface area contributed by atoms with Gasteiger partial charge in [-0.05, 0) is 25.1 Å². The van der Waals surface area contributed by atoms with E-state index in [0.717, 1.165) is 22.2 Å². The van der Waals surface area contributed by atoms with Crippen LogP contribution in [0.25, 0.3) is 10.9 Å². The van der Waals surface area contributed by atoms with Crippen LogP contribution in [0.4, 0.5) is 11.4 Å². The number of nitro groups is 1. The van der Waals surface area contributed by atoms with Crippen molar-refractivity contribution in [2.24, 2.45) is 0 Å². The Hall–Kier alpha value is -3.80. The molecule has 0 radical (unpaired) electrons. The van der Waals surface area contributed by atoms with Gasteiger partial charge in [0.1, 0.15) is 5.75 Å². The number of phenols is 1. The van der Waals surface area contributed by atoms with Crippen molar-refractivity contribution in [3.05, 3.63) is 99.7 Å². The van der Waals surface area contributed by atoms with E-state index in [4.69, 9.17) is 0 Å². The number of anilines is 1. The Bertz CT molecular complexity index is 1170. The van der Waals surface area contributed by atoms with Crippen molar-refractivity contribution < 1.29 is 10.0 Å². The summed E-state index contributed by atoms with van der Waals surface area (Å²) in [5, 5.41) is 26.1. The number of aromatic amines is 1. The number of nitrogens with zero attached hydrogens (tertiary/aromatic N) is 1. The fraction of sp³-hybridized carbons (Fsp3) is 0.0909. The summed E-state index contributed by atoms with van der Waals surface area (Å²) >= 11 is 0. The zero-order valence-electron chi connectivity index (χ0n) is 15.2. The topological polar surface area (TPSA) is 91.2 Å². The summed E-state index contributed by atoms with van der Waals surface area (Å²) in [6.07, 6.45) is 0. The van der Waals surface area contributed by atoms with Gasteiger partial charge in [-0.3, -0.25) is 10.1 Å². The minimum atomic E-state index is -0.420. The average molecular weight is 373 g/mol. The van der Waals surface area contributed by atoms with Crippen LogP contribution in [0.1, 0.15) is 22.9 Å². The Balaban J connectivity index is 1.88. The van der Waals surface area contributed by atoms with Crippen LogP contribution in [0.3, 0.4) is 0 Å². The number of aromatic hydroxyl groups is 1. The molecule has 0 saturated carbocycles. The van der Waals surface area contributed by atoms with Gasteiger partial charge in [-0.15, -0.1) is 0 Å². The van der Waals surface area contributed by atoms with Crippen LogP contribution in [-0.2, 0) is 0 Å². The van der Waals surface area contributed by atoms with E-state index < -0.39 is 4.92 Å². The normalized spacial score (nSPS) is 12.0. The molecule has 1 heterocycles. The van der Waals surface area contributed by atoms with Crippen molar-refractivity contribution in [3.8, 4) is 5.75 Å². The van der Waals surface area contributed by atoms with Gasteiger partial charge in [-0.1, -0.05) is 42.5 Å². The minimum Gasteiger partial charge on any atom is -0.508 e. The molecule has 1 aromatic heterocycles. The molecule has 0 bridgehead atoms. The van der Waals surface area contributed by atoms with Crippen molar-refractivity contribution in [1.29, 1.82) is 0 Å². The number of non-ortho nitro benzene ring substituents is 1. The van der Waals surface area contributed by atoms with Crippen molar-refractivity contribution in [3.63, 3.8) is 0 Å². The monoisotopic (exact) mass is 373 g/mol. The first-order valence-electron chi connectivity index (χ1n) is 8.90. The Labute approximate surface area is 161 Å². The summed E-state index contributed by atoms with van der Waals surface area (Å²) in [7, 11) is 0. The minimum absolute atomic E-state index is 0.0108. The SMILES string of the molecule is Cc1[nH]c2ccccc2c1C(Nc1cccc([N+](=O)[O-])c1)c1ccccc1O. The van der Waals surface area contributed by atoms with Crippen LogP contribution < -0.4 is 5.32 Å². The molecule has 4 rings (SSSR count). The summed E-state index contributed by atoms with van der Waals surface area (Å²) in [5.41, 5.74) is 4.26. The van der Waals surface area contributed by atoms with Crippen LogP contribution in [0, 0.1) is 17.0 Å². The molecule has 3 aromatic carbocycles. The van der Waals surface area contributed by atoms with Crippen LogP contribution in [0.5, 0.6) is 5.75 Å². The van der Waals surface area contributed by atoms with E-state index in [-0.39, 0.29) is 17.5 Å². The van der Waals surface area contributed by atoms with E-state index in [1.807, 2.05) is 43.3 Å². The van der Waals surface area contributed by atoms with Crippen molar-refractivity contribution in [2.45, 2.75) is 13.0 Å². The van der Waals surface area contributed by atoms with E-state index in [1.165, 1.54) is 12.1 Å². The summed E-state index contributed by atoms with van der Waals surface area (Å²) in [4.78, 5) is 14.1. The zero-order valence-corrected chi connectivity index (χ0v) is 15.2. The molecule has 0 saturated heterocycles. The standard InChI is InChI=1S/C22H19N3O3/c1-14-21(17-9-2-4-11-19(17)23-14)22(18-10-3-5-12-20(18)26)24-15-7-6-8-16(13-15)25(27)28/h2-13,22-24,26H,1H3. The lowest BCUT2D eigenvalue weighted by Crippen LogP contribution is -2.13. The number of benzene rings is 3. The van der Waals surface area contributed by atoms with E-state index in [0.29, 0.717) is 11.3 Å². The highest BCUT2D eigenvalue weighted by Crippen LogP contribution is 2.38. The second-order valence-corrected chi connectivity index (χ2v) is 6.65. The number of H-pyrrole nitrogens is 1. The maximum atomic E-state index is 11.2. The molecule has 0 fully saturated rings. The largest absolute Gasteiger partial charge is 0.508 e. The molecule has 6 nitrogen and oxygen atoms in total. The van der Waals surface area contributed by atoms with Crippen LogP contribution >= 0.6 is 0 Å². The fourth-order valence-electron chi connectivity index (χ4n) is 3.58. The lowest BCUT2D eigenvalue weighted by atomic mass is 9.95. The smallest absolute Gasteiger partial charge is 0.271 e. The number of aryl methyl sites for hydroxylation is 1. The first-order chi connectivity index (χ1) is 13.5. The summed E-state index contributed by atoms with van der Waals surface area (Å²) in [6, 6.07) is 21.1. The zero-order chi connectivity index (χ0) is 19.7. The van der Waals surface area contributed by atoms with E-state index in [1.54, 1.807) is 24.3 Å². The van der Waals surface area contributed by atoms with Crippen LogP contribution in [-0.4, -0.2) is 15.0 Å². The number of fused-ring (bicyclic) bond motifs is 1. The highest BCUT2D eigenvalue weighted by atomic mass is 16.6. The molecule has 1 unspecified atom stereocenters. The lowest BCUT2D eigenvalue weighted by molar-refractivity contribution is -0.384. The third-order valence-corrected chi connectivity index (χ3v) is 4.85.